The molecule has 0 radical (unpaired) electrons. The van der Waals surface area contributed by atoms with Crippen LogP contribution in [0.25, 0.3) is 6.08 Å². The SMILES string of the molecule is CCOc1cccc(NC(=O)/C(C#N)=C\c2ccc(SC)cc2)c1. The molecule has 2 aromatic carbocycles. The second-order valence-corrected chi connectivity index (χ2v) is 5.74. The summed E-state index contributed by atoms with van der Waals surface area (Å²) < 4.78 is 5.40. The number of amides is 1. The average Bonchev–Trinajstić information content (AvgIpc) is 2.60. The van der Waals surface area contributed by atoms with Crippen LogP contribution in [-0.4, -0.2) is 18.8 Å². The Hall–Kier alpha value is -2.71. The summed E-state index contributed by atoms with van der Waals surface area (Å²) in [4.78, 5) is 13.4. The van der Waals surface area contributed by atoms with E-state index in [0.717, 1.165) is 10.5 Å². The molecule has 24 heavy (non-hydrogen) atoms. The third-order valence-corrected chi connectivity index (χ3v) is 3.94. The number of thioether (sulfide) groups is 1. The zero-order valence-electron chi connectivity index (χ0n) is 13.6. The molecule has 0 atom stereocenters. The molecule has 0 saturated heterocycles. The molecular formula is C19H18N2O2S. The number of nitrogens with zero attached hydrogens (tertiary/aromatic N) is 1. The molecule has 0 aliphatic rings. The first-order valence-electron chi connectivity index (χ1n) is 7.46. The van der Waals surface area contributed by atoms with Crippen LogP contribution in [0.5, 0.6) is 5.75 Å². The van der Waals surface area contributed by atoms with Crippen LogP contribution in [0.1, 0.15) is 12.5 Å². The van der Waals surface area contributed by atoms with Gasteiger partial charge in [-0.05, 0) is 49.1 Å². The van der Waals surface area contributed by atoms with Crippen molar-refractivity contribution in [3.05, 3.63) is 59.7 Å². The molecule has 1 N–H and O–H groups in total. The van der Waals surface area contributed by atoms with Crippen LogP contribution in [0.3, 0.4) is 0 Å². The van der Waals surface area contributed by atoms with Crippen molar-refractivity contribution < 1.29 is 9.53 Å². The summed E-state index contributed by atoms with van der Waals surface area (Å²) in [6, 6.07) is 16.7. The third kappa shape index (κ3) is 4.90. The van der Waals surface area contributed by atoms with E-state index in [9.17, 15) is 10.1 Å². The smallest absolute Gasteiger partial charge is 0.266 e. The van der Waals surface area contributed by atoms with Crippen molar-refractivity contribution >= 4 is 29.4 Å². The second-order valence-electron chi connectivity index (χ2n) is 4.86. The lowest BCUT2D eigenvalue weighted by atomic mass is 10.1. The highest BCUT2D eigenvalue weighted by atomic mass is 32.2. The lowest BCUT2D eigenvalue weighted by Gasteiger charge is -2.07. The average molecular weight is 338 g/mol. The van der Waals surface area contributed by atoms with E-state index in [-0.39, 0.29) is 5.57 Å². The van der Waals surface area contributed by atoms with Gasteiger partial charge in [0.15, 0.2) is 0 Å². The largest absolute Gasteiger partial charge is 0.494 e. The summed E-state index contributed by atoms with van der Waals surface area (Å²) in [5.41, 5.74) is 1.45. The van der Waals surface area contributed by atoms with Crippen LogP contribution in [0, 0.1) is 11.3 Å². The van der Waals surface area contributed by atoms with Crippen LogP contribution in [0.4, 0.5) is 5.69 Å². The van der Waals surface area contributed by atoms with Gasteiger partial charge in [-0.1, -0.05) is 18.2 Å². The van der Waals surface area contributed by atoms with E-state index in [1.54, 1.807) is 36.0 Å². The number of hydrogen-bond donors (Lipinski definition) is 1. The number of carbonyl (C=O) groups is 1. The lowest BCUT2D eigenvalue weighted by molar-refractivity contribution is -0.112. The molecule has 2 rings (SSSR count). The minimum Gasteiger partial charge on any atom is -0.494 e. The fourth-order valence-electron chi connectivity index (χ4n) is 2.04. The first kappa shape index (κ1) is 17.6. The maximum Gasteiger partial charge on any atom is 0.266 e. The zero-order valence-corrected chi connectivity index (χ0v) is 14.4. The Morgan fingerprint density at radius 1 is 1.29 bits per heavy atom. The van der Waals surface area contributed by atoms with Crippen molar-refractivity contribution in [1.82, 2.24) is 0 Å². The Kier molecular flexibility index (Phi) is 6.47. The van der Waals surface area contributed by atoms with E-state index < -0.39 is 5.91 Å². The Morgan fingerprint density at radius 3 is 2.67 bits per heavy atom. The molecule has 0 bridgehead atoms. The normalized spacial score (nSPS) is 10.8. The number of anilines is 1. The predicted molar refractivity (Wildman–Crippen MR) is 98.1 cm³/mol. The van der Waals surface area contributed by atoms with Crippen molar-refractivity contribution in [3.63, 3.8) is 0 Å². The van der Waals surface area contributed by atoms with Crippen LogP contribution >= 0.6 is 11.8 Å². The number of ether oxygens (including phenoxy) is 1. The van der Waals surface area contributed by atoms with Gasteiger partial charge in [0, 0.05) is 16.6 Å². The molecule has 1 amide bonds. The first-order valence-corrected chi connectivity index (χ1v) is 8.68. The highest BCUT2D eigenvalue weighted by Gasteiger charge is 2.10. The van der Waals surface area contributed by atoms with Crippen molar-refractivity contribution in [2.75, 3.05) is 18.2 Å². The van der Waals surface area contributed by atoms with Gasteiger partial charge < -0.3 is 10.1 Å². The van der Waals surface area contributed by atoms with Gasteiger partial charge in [0.25, 0.3) is 5.91 Å². The van der Waals surface area contributed by atoms with Gasteiger partial charge in [0.1, 0.15) is 17.4 Å². The molecule has 122 valence electrons. The number of benzene rings is 2. The topological polar surface area (TPSA) is 62.1 Å². The molecule has 0 unspecified atom stereocenters. The van der Waals surface area contributed by atoms with Crippen LogP contribution in [0.15, 0.2) is 59.0 Å². The second kappa shape index (κ2) is 8.80. The van der Waals surface area contributed by atoms with E-state index in [4.69, 9.17) is 4.74 Å². The van der Waals surface area contributed by atoms with Crippen molar-refractivity contribution in [2.45, 2.75) is 11.8 Å². The summed E-state index contributed by atoms with van der Waals surface area (Å²) in [6.07, 6.45) is 3.57. The van der Waals surface area contributed by atoms with E-state index in [1.807, 2.05) is 49.6 Å². The fourth-order valence-corrected chi connectivity index (χ4v) is 2.45. The van der Waals surface area contributed by atoms with Crippen molar-refractivity contribution in [1.29, 1.82) is 5.26 Å². The molecule has 0 aliphatic heterocycles. The van der Waals surface area contributed by atoms with E-state index in [0.29, 0.717) is 18.0 Å². The predicted octanol–water partition coefficient (Wildman–Crippen LogP) is 4.35. The van der Waals surface area contributed by atoms with Gasteiger partial charge >= 0.3 is 0 Å². The van der Waals surface area contributed by atoms with Gasteiger partial charge in [0.05, 0.1) is 6.61 Å². The Balaban J connectivity index is 2.14. The Labute approximate surface area is 146 Å². The molecule has 0 fully saturated rings. The molecule has 0 aliphatic carbocycles. The molecule has 0 saturated carbocycles. The molecule has 5 heteroatoms. The van der Waals surface area contributed by atoms with Crippen LogP contribution in [0.2, 0.25) is 0 Å². The molecule has 2 aromatic rings. The van der Waals surface area contributed by atoms with Gasteiger partial charge in [-0.15, -0.1) is 11.8 Å². The standard InChI is InChI=1S/C19H18N2O2S/c1-3-23-17-6-4-5-16(12-17)21-19(22)15(13-20)11-14-7-9-18(24-2)10-8-14/h4-12H,3H2,1-2H3,(H,21,22)/b15-11-. The van der Waals surface area contributed by atoms with Gasteiger partial charge in [-0.2, -0.15) is 5.26 Å². The van der Waals surface area contributed by atoms with Gasteiger partial charge in [-0.25, -0.2) is 0 Å². The Morgan fingerprint density at radius 2 is 2.04 bits per heavy atom. The maximum absolute atomic E-state index is 12.3. The summed E-state index contributed by atoms with van der Waals surface area (Å²) in [5.74, 6) is 0.227. The third-order valence-electron chi connectivity index (χ3n) is 3.19. The van der Waals surface area contributed by atoms with E-state index in [2.05, 4.69) is 5.32 Å². The van der Waals surface area contributed by atoms with Crippen LogP contribution < -0.4 is 10.1 Å². The minimum atomic E-state index is -0.444. The zero-order chi connectivity index (χ0) is 17.4. The van der Waals surface area contributed by atoms with Gasteiger partial charge in [0.2, 0.25) is 0 Å². The molecule has 0 heterocycles. The molecule has 0 spiro atoms. The molecular weight excluding hydrogens is 320 g/mol. The van der Waals surface area contributed by atoms with Crippen molar-refractivity contribution in [2.24, 2.45) is 0 Å². The monoisotopic (exact) mass is 338 g/mol. The minimum absolute atomic E-state index is 0.0497. The molecule has 4 nitrogen and oxygen atoms in total. The Bertz CT molecular complexity index is 777. The summed E-state index contributed by atoms with van der Waals surface area (Å²) >= 11 is 1.64. The summed E-state index contributed by atoms with van der Waals surface area (Å²) in [6.45, 7) is 2.44. The number of carbonyl (C=O) groups excluding carboxylic acids is 1. The van der Waals surface area contributed by atoms with Crippen LogP contribution in [-0.2, 0) is 4.79 Å². The first-order chi connectivity index (χ1) is 11.7. The highest BCUT2D eigenvalue weighted by Crippen LogP contribution is 2.19. The van der Waals surface area contributed by atoms with E-state index in [1.165, 1.54) is 0 Å². The quantitative estimate of drug-likeness (QED) is 0.483. The number of nitrogens with one attached hydrogen (secondary N) is 1. The number of hydrogen-bond acceptors (Lipinski definition) is 4. The maximum atomic E-state index is 12.3. The number of nitriles is 1. The lowest BCUT2D eigenvalue weighted by Crippen LogP contribution is -2.13. The highest BCUT2D eigenvalue weighted by molar-refractivity contribution is 7.98. The fraction of sp³-hybridized carbons (Fsp3) is 0.158. The van der Waals surface area contributed by atoms with E-state index >= 15 is 0 Å². The number of rotatable bonds is 6. The molecule has 0 aromatic heterocycles. The van der Waals surface area contributed by atoms with Gasteiger partial charge in [-0.3, -0.25) is 4.79 Å². The van der Waals surface area contributed by atoms with Crippen molar-refractivity contribution in [3.8, 4) is 11.8 Å². The summed E-state index contributed by atoms with van der Waals surface area (Å²) in [5, 5.41) is 12.0. The summed E-state index contributed by atoms with van der Waals surface area (Å²) in [7, 11) is 0.